The van der Waals surface area contributed by atoms with Gasteiger partial charge in [-0.2, -0.15) is 0 Å². The van der Waals surface area contributed by atoms with Crippen LogP contribution in [-0.2, 0) is 4.79 Å². The Morgan fingerprint density at radius 3 is 2.43 bits per heavy atom. The van der Waals surface area contributed by atoms with E-state index in [1.807, 2.05) is 18.2 Å². The first kappa shape index (κ1) is 27.0. The molecular weight excluding hydrogens is 436 g/mol. The number of aromatic carboxylic acids is 1. The van der Waals surface area contributed by atoms with Gasteiger partial charge < -0.3 is 9.84 Å². The number of carbonyl (C=O) groups excluding carboxylic acids is 1. The van der Waals surface area contributed by atoms with Crippen LogP contribution in [0.15, 0.2) is 42.5 Å². The Labute approximate surface area is 211 Å². The number of hydrogen-bond acceptors (Lipinski definition) is 3. The van der Waals surface area contributed by atoms with Crippen molar-refractivity contribution in [3.8, 4) is 16.9 Å². The molecule has 35 heavy (non-hydrogen) atoms. The minimum atomic E-state index is -0.945. The van der Waals surface area contributed by atoms with Crippen molar-refractivity contribution in [1.82, 2.24) is 0 Å². The smallest absolute Gasteiger partial charge is 0.335 e. The third-order valence-corrected chi connectivity index (χ3v) is 7.74. The molecule has 3 atom stereocenters. The highest BCUT2D eigenvalue weighted by Crippen LogP contribution is 2.40. The van der Waals surface area contributed by atoms with Gasteiger partial charge in [-0.1, -0.05) is 72.2 Å². The molecule has 4 heteroatoms. The number of benzene rings is 2. The average Bonchev–Trinajstić information content (AvgIpc) is 3.25. The Morgan fingerprint density at radius 2 is 1.77 bits per heavy atom. The molecule has 1 aliphatic carbocycles. The highest BCUT2D eigenvalue weighted by atomic mass is 16.5. The molecular formula is C31H42O4. The molecule has 0 unspecified atom stereocenters. The second kappa shape index (κ2) is 11.4. The first-order valence-electron chi connectivity index (χ1n) is 13.2. The van der Waals surface area contributed by atoms with Crippen molar-refractivity contribution in [2.24, 2.45) is 17.3 Å². The lowest BCUT2D eigenvalue weighted by atomic mass is 9.78. The van der Waals surface area contributed by atoms with Gasteiger partial charge in [-0.15, -0.1) is 0 Å². The van der Waals surface area contributed by atoms with Gasteiger partial charge >= 0.3 is 5.97 Å². The van der Waals surface area contributed by atoms with Crippen LogP contribution in [-0.4, -0.2) is 23.0 Å². The third kappa shape index (κ3) is 6.96. The number of carboxylic acids is 1. The Bertz CT molecular complexity index is 1040. The van der Waals surface area contributed by atoms with E-state index < -0.39 is 5.97 Å². The van der Waals surface area contributed by atoms with E-state index in [1.54, 1.807) is 18.2 Å². The number of rotatable bonds is 11. The van der Waals surface area contributed by atoms with Crippen LogP contribution in [0.2, 0.25) is 0 Å². The Balaban J connectivity index is 1.75. The molecule has 4 nitrogen and oxygen atoms in total. The van der Waals surface area contributed by atoms with Crippen molar-refractivity contribution in [2.75, 3.05) is 0 Å². The van der Waals surface area contributed by atoms with Crippen molar-refractivity contribution in [3.63, 3.8) is 0 Å². The normalized spacial score (nSPS) is 19.1. The van der Waals surface area contributed by atoms with Crippen LogP contribution in [0.3, 0.4) is 0 Å². The summed E-state index contributed by atoms with van der Waals surface area (Å²) in [5.41, 5.74) is 3.45. The van der Waals surface area contributed by atoms with Crippen LogP contribution in [0.4, 0.5) is 0 Å². The van der Waals surface area contributed by atoms with E-state index in [9.17, 15) is 14.7 Å². The second-order valence-electron chi connectivity index (χ2n) is 11.5. The Kier molecular flexibility index (Phi) is 8.79. The number of hydrogen-bond donors (Lipinski definition) is 1. The van der Waals surface area contributed by atoms with Gasteiger partial charge in [0.2, 0.25) is 0 Å². The average molecular weight is 479 g/mol. The van der Waals surface area contributed by atoms with Gasteiger partial charge in [0.1, 0.15) is 11.5 Å². The van der Waals surface area contributed by atoms with Gasteiger partial charge in [0.25, 0.3) is 0 Å². The SMILES string of the molecule is CCC(C)(C)C[C@H](C)C(=O)C[C@@H]1CC[C@@H](Oc2ccc(C(=O)O)cc2-c2ccccc2C(C)C)C1. The molecule has 1 fully saturated rings. The summed E-state index contributed by atoms with van der Waals surface area (Å²) in [6.45, 7) is 13.0. The van der Waals surface area contributed by atoms with E-state index in [4.69, 9.17) is 4.74 Å². The lowest BCUT2D eigenvalue weighted by Gasteiger charge is -2.26. The molecule has 0 amide bonds. The van der Waals surface area contributed by atoms with E-state index in [0.29, 0.717) is 24.0 Å². The summed E-state index contributed by atoms with van der Waals surface area (Å²) in [5.74, 6) is 0.887. The highest BCUT2D eigenvalue weighted by molar-refractivity contribution is 5.91. The van der Waals surface area contributed by atoms with E-state index >= 15 is 0 Å². The predicted octanol–water partition coefficient (Wildman–Crippen LogP) is 8.14. The van der Waals surface area contributed by atoms with Crippen molar-refractivity contribution < 1.29 is 19.4 Å². The molecule has 1 N–H and O–H groups in total. The van der Waals surface area contributed by atoms with Crippen molar-refractivity contribution in [3.05, 3.63) is 53.6 Å². The molecule has 2 aromatic carbocycles. The monoisotopic (exact) mass is 478 g/mol. The maximum Gasteiger partial charge on any atom is 0.335 e. The van der Waals surface area contributed by atoms with Gasteiger partial charge in [0.15, 0.2) is 0 Å². The summed E-state index contributed by atoms with van der Waals surface area (Å²) in [6, 6.07) is 13.3. The molecule has 0 saturated heterocycles. The minimum absolute atomic E-state index is 0.0378. The first-order valence-corrected chi connectivity index (χ1v) is 13.2. The zero-order valence-electron chi connectivity index (χ0n) is 22.3. The molecule has 190 valence electrons. The minimum Gasteiger partial charge on any atom is -0.490 e. The first-order chi connectivity index (χ1) is 16.5. The molecule has 0 radical (unpaired) electrons. The summed E-state index contributed by atoms with van der Waals surface area (Å²) < 4.78 is 6.50. The summed E-state index contributed by atoms with van der Waals surface area (Å²) in [5, 5.41) is 9.59. The fraction of sp³-hybridized carbons (Fsp3) is 0.548. The van der Waals surface area contributed by atoms with Gasteiger partial charge in [-0.25, -0.2) is 4.79 Å². The molecule has 3 rings (SSSR count). The van der Waals surface area contributed by atoms with Crippen LogP contribution >= 0.6 is 0 Å². The summed E-state index contributed by atoms with van der Waals surface area (Å²) in [6.07, 6.45) is 5.44. The molecule has 0 aromatic heterocycles. The largest absolute Gasteiger partial charge is 0.490 e. The summed E-state index contributed by atoms with van der Waals surface area (Å²) in [7, 11) is 0. The maximum absolute atomic E-state index is 12.9. The fourth-order valence-corrected chi connectivity index (χ4v) is 5.30. The lowest BCUT2D eigenvalue weighted by Crippen LogP contribution is -2.22. The predicted molar refractivity (Wildman–Crippen MR) is 142 cm³/mol. The molecule has 0 heterocycles. The van der Waals surface area contributed by atoms with Crippen molar-refractivity contribution in [1.29, 1.82) is 0 Å². The summed E-state index contributed by atoms with van der Waals surface area (Å²) >= 11 is 0. The maximum atomic E-state index is 12.9. The van der Waals surface area contributed by atoms with Gasteiger partial charge in [0, 0.05) is 17.9 Å². The molecule has 1 aliphatic rings. The van der Waals surface area contributed by atoms with Crippen molar-refractivity contribution >= 4 is 11.8 Å². The molecule has 2 aromatic rings. The van der Waals surface area contributed by atoms with Crippen LogP contribution in [0.5, 0.6) is 5.75 Å². The van der Waals surface area contributed by atoms with Gasteiger partial charge in [-0.05, 0) is 72.3 Å². The molecule has 1 saturated carbocycles. The fourth-order valence-electron chi connectivity index (χ4n) is 5.30. The zero-order chi connectivity index (χ0) is 25.8. The van der Waals surface area contributed by atoms with E-state index in [1.165, 1.54) is 5.56 Å². The number of ether oxygens (including phenoxy) is 1. The number of carbonyl (C=O) groups is 2. The summed E-state index contributed by atoms with van der Waals surface area (Å²) in [4.78, 5) is 24.6. The lowest BCUT2D eigenvalue weighted by molar-refractivity contribution is -0.124. The number of Topliss-reactive ketones (excluding diaryl/α,β-unsaturated/α-hetero) is 1. The van der Waals surface area contributed by atoms with E-state index in [-0.39, 0.29) is 23.0 Å². The Morgan fingerprint density at radius 1 is 1.06 bits per heavy atom. The van der Waals surface area contributed by atoms with E-state index in [2.05, 4.69) is 47.6 Å². The molecule has 0 aliphatic heterocycles. The highest BCUT2D eigenvalue weighted by Gasteiger charge is 2.31. The standard InChI is InChI=1S/C31H42O4/c1-7-31(5,6)19-21(4)28(32)17-22-12-14-24(16-22)35-29-15-13-23(30(33)34)18-27(29)26-11-9-8-10-25(26)20(2)3/h8-11,13,15,18,20-22,24H,7,12,14,16-17,19H2,1-6H3,(H,33,34)/t21-,22+,24+/m0/s1. The quantitative estimate of drug-likeness (QED) is 0.354. The topological polar surface area (TPSA) is 63.6 Å². The van der Waals surface area contributed by atoms with Crippen molar-refractivity contribution in [2.45, 2.75) is 92.1 Å². The number of ketones is 1. The zero-order valence-corrected chi connectivity index (χ0v) is 22.3. The van der Waals surface area contributed by atoms with E-state index in [0.717, 1.165) is 49.0 Å². The number of carboxylic acid groups (broad SMARTS) is 1. The van der Waals surface area contributed by atoms with Crippen LogP contribution in [0.25, 0.3) is 11.1 Å². The van der Waals surface area contributed by atoms with Crippen LogP contribution in [0.1, 0.15) is 102 Å². The second-order valence-corrected chi connectivity index (χ2v) is 11.5. The van der Waals surface area contributed by atoms with Crippen LogP contribution in [0, 0.1) is 17.3 Å². The van der Waals surface area contributed by atoms with Gasteiger partial charge in [0.05, 0.1) is 11.7 Å². The molecule has 0 bridgehead atoms. The third-order valence-electron chi connectivity index (χ3n) is 7.74. The molecule has 0 spiro atoms. The Hall–Kier alpha value is -2.62. The van der Waals surface area contributed by atoms with Crippen LogP contribution < -0.4 is 4.74 Å². The van der Waals surface area contributed by atoms with Gasteiger partial charge in [-0.3, -0.25) is 4.79 Å².